The Morgan fingerprint density at radius 3 is 2.76 bits per heavy atom. The second-order valence-corrected chi connectivity index (χ2v) is 6.40. The van der Waals surface area contributed by atoms with Crippen molar-refractivity contribution in [2.75, 3.05) is 27.2 Å². The summed E-state index contributed by atoms with van der Waals surface area (Å²) in [7, 11) is 3.90. The van der Waals surface area contributed by atoms with Crippen molar-refractivity contribution in [1.29, 1.82) is 0 Å². The van der Waals surface area contributed by atoms with Crippen molar-refractivity contribution in [2.45, 2.75) is 52.0 Å². The highest BCUT2D eigenvalue weighted by molar-refractivity contribution is 5.79. The first kappa shape index (κ1) is 21.0. The van der Waals surface area contributed by atoms with Gasteiger partial charge in [-0.25, -0.2) is 0 Å². The monoisotopic (exact) mass is 346 g/mol. The molecule has 140 valence electrons. The Labute approximate surface area is 152 Å². The van der Waals surface area contributed by atoms with Gasteiger partial charge in [-0.1, -0.05) is 18.6 Å². The third kappa shape index (κ3) is 8.05. The summed E-state index contributed by atoms with van der Waals surface area (Å²) in [5.74, 6) is 0.941. The van der Waals surface area contributed by atoms with Crippen molar-refractivity contribution >= 4 is 5.96 Å². The molecule has 0 spiro atoms. The maximum absolute atomic E-state index is 11.8. The van der Waals surface area contributed by atoms with E-state index in [0.29, 0.717) is 0 Å². The lowest BCUT2D eigenvalue weighted by Gasteiger charge is -2.22. The van der Waals surface area contributed by atoms with Crippen LogP contribution >= 0.6 is 0 Å². The van der Waals surface area contributed by atoms with Crippen molar-refractivity contribution < 1.29 is 0 Å². The summed E-state index contributed by atoms with van der Waals surface area (Å²) in [6.45, 7) is 8.38. The standard InChI is InChI=1S/C20H34N4O/c1-5-6-7-8-10-16-23(4)20(21-3)22-15-9-11-17-24-18(2)13-12-14-19(24)25/h5,12-14H,1,6-11,15-17H2,2-4H3,(H,21,22). The largest absolute Gasteiger partial charge is 0.356 e. The van der Waals surface area contributed by atoms with Gasteiger partial charge in [-0.3, -0.25) is 9.79 Å². The van der Waals surface area contributed by atoms with Gasteiger partial charge in [0.25, 0.3) is 5.56 Å². The minimum Gasteiger partial charge on any atom is -0.356 e. The molecule has 5 heteroatoms. The van der Waals surface area contributed by atoms with Crippen LogP contribution < -0.4 is 10.9 Å². The molecule has 0 aliphatic rings. The van der Waals surface area contributed by atoms with Crippen molar-refractivity contribution in [3.63, 3.8) is 0 Å². The van der Waals surface area contributed by atoms with Crippen LogP contribution in [0.15, 0.2) is 40.6 Å². The van der Waals surface area contributed by atoms with Crippen LogP contribution in [-0.2, 0) is 6.54 Å². The molecule has 1 N–H and O–H groups in total. The Morgan fingerprint density at radius 1 is 1.28 bits per heavy atom. The van der Waals surface area contributed by atoms with E-state index < -0.39 is 0 Å². The second kappa shape index (κ2) is 12.3. The molecule has 5 nitrogen and oxygen atoms in total. The molecular formula is C20H34N4O. The first-order chi connectivity index (χ1) is 12.1. The number of hydrogen-bond donors (Lipinski definition) is 1. The molecule has 0 amide bonds. The predicted octanol–water partition coefficient (Wildman–Crippen LogP) is 3.19. The molecule has 0 fully saturated rings. The Morgan fingerprint density at radius 2 is 2.08 bits per heavy atom. The maximum atomic E-state index is 11.8. The van der Waals surface area contributed by atoms with E-state index in [-0.39, 0.29) is 5.56 Å². The number of hydrogen-bond acceptors (Lipinski definition) is 2. The summed E-state index contributed by atoms with van der Waals surface area (Å²) in [4.78, 5) is 18.4. The third-order valence-corrected chi connectivity index (χ3v) is 4.33. The number of allylic oxidation sites excluding steroid dienone is 1. The van der Waals surface area contributed by atoms with E-state index in [9.17, 15) is 4.79 Å². The molecule has 1 heterocycles. The van der Waals surface area contributed by atoms with Gasteiger partial charge >= 0.3 is 0 Å². The first-order valence-electron chi connectivity index (χ1n) is 9.29. The lowest BCUT2D eigenvalue weighted by molar-refractivity contribution is 0.453. The molecule has 0 saturated heterocycles. The van der Waals surface area contributed by atoms with Crippen LogP contribution in [0, 0.1) is 6.92 Å². The molecule has 0 saturated carbocycles. The van der Waals surface area contributed by atoms with Crippen molar-refractivity contribution in [3.8, 4) is 0 Å². The Kier molecular flexibility index (Phi) is 10.4. The number of guanidine groups is 1. The lowest BCUT2D eigenvalue weighted by atomic mass is 10.2. The van der Waals surface area contributed by atoms with Crippen molar-refractivity contribution in [2.24, 2.45) is 4.99 Å². The minimum absolute atomic E-state index is 0.0833. The molecule has 25 heavy (non-hydrogen) atoms. The normalized spacial score (nSPS) is 11.4. The molecule has 0 radical (unpaired) electrons. The Hall–Kier alpha value is -2.04. The zero-order valence-corrected chi connectivity index (χ0v) is 16.1. The molecule has 0 aromatic carbocycles. The van der Waals surface area contributed by atoms with Gasteiger partial charge in [-0.05, 0) is 45.1 Å². The van der Waals surface area contributed by atoms with E-state index in [4.69, 9.17) is 0 Å². The number of unbranched alkanes of at least 4 members (excludes halogenated alkanes) is 4. The summed E-state index contributed by atoms with van der Waals surface area (Å²) in [5.41, 5.74) is 1.10. The van der Waals surface area contributed by atoms with Gasteiger partial charge < -0.3 is 14.8 Å². The van der Waals surface area contributed by atoms with Gasteiger partial charge in [0.05, 0.1) is 0 Å². The number of aryl methyl sites for hydroxylation is 1. The number of aromatic nitrogens is 1. The van der Waals surface area contributed by atoms with Gasteiger partial charge in [0.15, 0.2) is 5.96 Å². The topological polar surface area (TPSA) is 49.6 Å². The zero-order valence-electron chi connectivity index (χ0n) is 16.1. The van der Waals surface area contributed by atoms with E-state index in [0.717, 1.165) is 50.6 Å². The van der Waals surface area contributed by atoms with E-state index in [1.807, 2.05) is 36.7 Å². The van der Waals surface area contributed by atoms with Crippen LogP contribution in [0.3, 0.4) is 0 Å². The molecule has 1 aromatic heterocycles. The van der Waals surface area contributed by atoms with Crippen LogP contribution in [0.2, 0.25) is 0 Å². The number of nitrogens with zero attached hydrogens (tertiary/aromatic N) is 3. The highest BCUT2D eigenvalue weighted by Crippen LogP contribution is 2.02. The van der Waals surface area contributed by atoms with Gasteiger partial charge in [0, 0.05) is 45.5 Å². The fourth-order valence-electron chi connectivity index (χ4n) is 2.81. The molecule has 0 atom stereocenters. The molecule has 1 aromatic rings. The third-order valence-electron chi connectivity index (χ3n) is 4.33. The Balaban J connectivity index is 2.24. The van der Waals surface area contributed by atoms with Crippen LogP contribution in [-0.4, -0.2) is 42.6 Å². The van der Waals surface area contributed by atoms with Gasteiger partial charge in [0.1, 0.15) is 0 Å². The van der Waals surface area contributed by atoms with Crippen molar-refractivity contribution in [1.82, 2.24) is 14.8 Å². The van der Waals surface area contributed by atoms with Crippen LogP contribution in [0.25, 0.3) is 0 Å². The maximum Gasteiger partial charge on any atom is 0.250 e. The summed E-state index contributed by atoms with van der Waals surface area (Å²) in [6.07, 6.45) is 8.66. The zero-order chi connectivity index (χ0) is 18.5. The highest BCUT2D eigenvalue weighted by Gasteiger charge is 2.05. The smallest absolute Gasteiger partial charge is 0.250 e. The fraction of sp³-hybridized carbons (Fsp3) is 0.600. The Bertz CT molecular complexity index is 592. The van der Waals surface area contributed by atoms with E-state index in [2.05, 4.69) is 28.8 Å². The average Bonchev–Trinajstić information content (AvgIpc) is 2.60. The number of rotatable bonds is 11. The summed E-state index contributed by atoms with van der Waals surface area (Å²) < 4.78 is 1.84. The molecule has 0 aliphatic carbocycles. The summed E-state index contributed by atoms with van der Waals surface area (Å²) >= 11 is 0. The van der Waals surface area contributed by atoms with Crippen LogP contribution in [0.4, 0.5) is 0 Å². The molecule has 0 aliphatic heterocycles. The average molecular weight is 347 g/mol. The SMILES string of the molecule is C=CCCCCCN(C)C(=NC)NCCCCn1c(C)cccc1=O. The van der Waals surface area contributed by atoms with Gasteiger partial charge in [-0.15, -0.1) is 6.58 Å². The van der Waals surface area contributed by atoms with Crippen LogP contribution in [0.1, 0.15) is 44.2 Å². The predicted molar refractivity (Wildman–Crippen MR) is 107 cm³/mol. The molecule has 0 bridgehead atoms. The second-order valence-electron chi connectivity index (χ2n) is 6.40. The summed E-state index contributed by atoms with van der Waals surface area (Å²) in [6, 6.07) is 5.41. The fourth-order valence-corrected chi connectivity index (χ4v) is 2.81. The van der Waals surface area contributed by atoms with Gasteiger partial charge in [-0.2, -0.15) is 0 Å². The molecular weight excluding hydrogens is 312 g/mol. The summed E-state index contributed by atoms with van der Waals surface area (Å²) in [5, 5.41) is 3.41. The van der Waals surface area contributed by atoms with E-state index in [1.54, 1.807) is 6.07 Å². The van der Waals surface area contributed by atoms with E-state index >= 15 is 0 Å². The highest BCUT2D eigenvalue weighted by atomic mass is 16.1. The molecule has 1 rings (SSSR count). The number of nitrogens with one attached hydrogen (secondary N) is 1. The number of aliphatic imine (C=N–C) groups is 1. The minimum atomic E-state index is 0.0833. The molecule has 0 unspecified atom stereocenters. The van der Waals surface area contributed by atoms with Crippen molar-refractivity contribution in [3.05, 3.63) is 46.9 Å². The van der Waals surface area contributed by atoms with E-state index in [1.165, 1.54) is 19.3 Å². The quantitative estimate of drug-likeness (QED) is 0.290. The lowest BCUT2D eigenvalue weighted by Crippen LogP contribution is -2.39. The van der Waals surface area contributed by atoms with Crippen LogP contribution in [0.5, 0.6) is 0 Å². The first-order valence-corrected chi connectivity index (χ1v) is 9.29. The van der Waals surface area contributed by atoms with Gasteiger partial charge in [0.2, 0.25) is 0 Å². The number of pyridine rings is 1.